The maximum Gasteiger partial charge on any atom is 0.306 e. The zero-order valence-electron chi connectivity index (χ0n) is 19.8. The molecule has 9 heteroatoms. The van der Waals surface area contributed by atoms with Gasteiger partial charge in [0, 0.05) is 29.1 Å². The summed E-state index contributed by atoms with van der Waals surface area (Å²) in [5.41, 5.74) is -6.64. The molecule has 0 radical (unpaired) electrons. The summed E-state index contributed by atoms with van der Waals surface area (Å²) in [5, 5.41) is 20.3. The van der Waals surface area contributed by atoms with Gasteiger partial charge >= 0.3 is 5.97 Å². The van der Waals surface area contributed by atoms with Crippen molar-refractivity contribution in [2.45, 2.75) is 76.9 Å². The van der Waals surface area contributed by atoms with Gasteiger partial charge in [-0.1, -0.05) is 38.6 Å². The zero-order chi connectivity index (χ0) is 25.3. The predicted octanol–water partition coefficient (Wildman–Crippen LogP) is 3.45. The molecule has 0 aliphatic heterocycles. The molecule has 2 N–H and O–H groups in total. The SMILES string of the molecule is CCC(=O)O[C@]1(C(=O)SCO)[C@H](C)CC2C3C[C@H](F)C4=CC(=O)C=CC4(C)[C@@]3(F)[C@@H](O)CC21C. The summed E-state index contributed by atoms with van der Waals surface area (Å²) < 4.78 is 38.6. The van der Waals surface area contributed by atoms with E-state index in [9.17, 15) is 24.6 Å². The minimum atomic E-state index is -2.28. The van der Waals surface area contributed by atoms with Crippen LogP contribution in [0, 0.1) is 28.6 Å². The van der Waals surface area contributed by atoms with Crippen LogP contribution in [0.3, 0.4) is 0 Å². The van der Waals surface area contributed by atoms with E-state index in [4.69, 9.17) is 4.74 Å². The molecule has 0 heterocycles. The Morgan fingerprint density at radius 3 is 2.56 bits per heavy atom. The van der Waals surface area contributed by atoms with Crippen LogP contribution in [0.4, 0.5) is 8.78 Å². The molecule has 0 aromatic rings. The Balaban J connectivity index is 1.87. The van der Waals surface area contributed by atoms with Gasteiger partial charge < -0.3 is 14.9 Å². The zero-order valence-corrected chi connectivity index (χ0v) is 20.7. The molecule has 0 bridgehead atoms. The van der Waals surface area contributed by atoms with Crippen molar-refractivity contribution in [2.75, 3.05) is 5.94 Å². The summed E-state index contributed by atoms with van der Waals surface area (Å²) in [5.74, 6) is -3.64. The molecule has 4 aliphatic rings. The molecule has 3 fully saturated rings. The summed E-state index contributed by atoms with van der Waals surface area (Å²) >= 11 is 0.618. The number of esters is 1. The molecular formula is C25H32F2O6S. The fourth-order valence-electron chi connectivity index (χ4n) is 7.64. The number of thioether (sulfide) groups is 1. The number of ketones is 1. The predicted molar refractivity (Wildman–Crippen MR) is 122 cm³/mol. The summed E-state index contributed by atoms with van der Waals surface area (Å²) in [6.07, 6.45) is 0.393. The minimum Gasteiger partial charge on any atom is -0.449 e. The van der Waals surface area contributed by atoms with E-state index in [2.05, 4.69) is 0 Å². The number of ether oxygens (including phenoxy) is 1. The van der Waals surface area contributed by atoms with Crippen LogP contribution in [0.15, 0.2) is 23.8 Å². The second kappa shape index (κ2) is 8.23. The lowest BCUT2D eigenvalue weighted by molar-refractivity contribution is -0.228. The van der Waals surface area contributed by atoms with Crippen LogP contribution in [-0.4, -0.2) is 56.6 Å². The fraction of sp³-hybridized carbons (Fsp3) is 0.720. The Morgan fingerprint density at radius 2 is 1.94 bits per heavy atom. The second-order valence-corrected chi connectivity index (χ2v) is 11.5. The number of carbonyl (C=O) groups excluding carboxylic acids is 3. The Hall–Kier alpha value is -1.58. The highest BCUT2D eigenvalue weighted by molar-refractivity contribution is 8.13. The van der Waals surface area contributed by atoms with E-state index >= 15 is 8.78 Å². The molecule has 34 heavy (non-hydrogen) atoms. The number of hydrogen-bond acceptors (Lipinski definition) is 7. The van der Waals surface area contributed by atoms with E-state index in [1.165, 1.54) is 19.1 Å². The second-order valence-electron chi connectivity index (χ2n) is 10.6. The van der Waals surface area contributed by atoms with Gasteiger partial charge in [0.1, 0.15) is 6.17 Å². The maximum absolute atomic E-state index is 17.2. The number of aliphatic hydroxyl groups excluding tert-OH is 2. The maximum atomic E-state index is 17.2. The summed E-state index contributed by atoms with van der Waals surface area (Å²) in [4.78, 5) is 37.9. The number of fused-ring (bicyclic) bond motifs is 5. The van der Waals surface area contributed by atoms with Crippen LogP contribution in [0.2, 0.25) is 0 Å². The van der Waals surface area contributed by atoms with Crippen molar-refractivity contribution in [1.29, 1.82) is 0 Å². The lowest BCUT2D eigenvalue weighted by Crippen LogP contribution is -2.70. The van der Waals surface area contributed by atoms with Gasteiger partial charge in [-0.2, -0.15) is 0 Å². The van der Waals surface area contributed by atoms with Crippen LogP contribution in [0.1, 0.15) is 53.4 Å². The summed E-state index contributed by atoms with van der Waals surface area (Å²) in [6.45, 7) is 6.57. The first-order valence-electron chi connectivity index (χ1n) is 11.8. The van der Waals surface area contributed by atoms with Crippen molar-refractivity contribution >= 4 is 28.6 Å². The van der Waals surface area contributed by atoms with Crippen molar-refractivity contribution in [3.8, 4) is 0 Å². The van der Waals surface area contributed by atoms with Crippen molar-refractivity contribution in [3.63, 3.8) is 0 Å². The first kappa shape index (κ1) is 25.5. The molecule has 6 nitrogen and oxygen atoms in total. The molecule has 4 aliphatic carbocycles. The molecule has 188 valence electrons. The van der Waals surface area contributed by atoms with Crippen LogP contribution >= 0.6 is 11.8 Å². The molecule has 3 saturated carbocycles. The number of carbonyl (C=O) groups is 3. The molecule has 0 spiro atoms. The van der Waals surface area contributed by atoms with Crippen LogP contribution in [-0.2, 0) is 19.1 Å². The van der Waals surface area contributed by atoms with E-state index < -0.39 is 74.9 Å². The van der Waals surface area contributed by atoms with Gasteiger partial charge in [-0.3, -0.25) is 14.4 Å². The van der Waals surface area contributed by atoms with Gasteiger partial charge in [-0.25, -0.2) is 8.78 Å². The largest absolute Gasteiger partial charge is 0.449 e. The molecule has 9 atom stereocenters. The highest BCUT2D eigenvalue weighted by atomic mass is 32.2. The minimum absolute atomic E-state index is 0.0168. The molecular weight excluding hydrogens is 466 g/mol. The number of rotatable bonds is 4. The normalized spacial score (nSPS) is 47.4. The van der Waals surface area contributed by atoms with Crippen molar-refractivity contribution < 1.29 is 38.1 Å². The van der Waals surface area contributed by atoms with Crippen LogP contribution in [0.5, 0.6) is 0 Å². The van der Waals surface area contributed by atoms with Crippen molar-refractivity contribution in [1.82, 2.24) is 0 Å². The van der Waals surface area contributed by atoms with Gasteiger partial charge in [0.2, 0.25) is 5.12 Å². The number of alkyl halides is 2. The smallest absolute Gasteiger partial charge is 0.306 e. The van der Waals surface area contributed by atoms with Gasteiger partial charge in [0.25, 0.3) is 0 Å². The lowest BCUT2D eigenvalue weighted by atomic mass is 9.44. The Morgan fingerprint density at radius 1 is 1.26 bits per heavy atom. The molecule has 0 saturated heterocycles. The third kappa shape index (κ3) is 3.02. The first-order valence-corrected chi connectivity index (χ1v) is 12.8. The topological polar surface area (TPSA) is 101 Å². The van der Waals surface area contributed by atoms with Gasteiger partial charge in [0.15, 0.2) is 17.1 Å². The van der Waals surface area contributed by atoms with Gasteiger partial charge in [0.05, 0.1) is 12.0 Å². The van der Waals surface area contributed by atoms with E-state index in [0.717, 1.165) is 6.08 Å². The Bertz CT molecular complexity index is 982. The van der Waals surface area contributed by atoms with E-state index in [1.807, 2.05) is 0 Å². The third-order valence-electron chi connectivity index (χ3n) is 9.23. The van der Waals surface area contributed by atoms with Gasteiger partial charge in [-0.05, 0) is 49.8 Å². The average Bonchev–Trinajstić information content (AvgIpc) is 2.99. The quantitative estimate of drug-likeness (QED) is 0.452. The highest BCUT2D eigenvalue weighted by Gasteiger charge is 2.78. The van der Waals surface area contributed by atoms with Crippen LogP contribution < -0.4 is 0 Å². The number of halogens is 2. The van der Waals surface area contributed by atoms with E-state index in [-0.39, 0.29) is 24.8 Å². The van der Waals surface area contributed by atoms with E-state index in [1.54, 1.807) is 20.8 Å². The van der Waals surface area contributed by atoms with E-state index in [0.29, 0.717) is 18.2 Å². The molecule has 0 amide bonds. The Kier molecular flexibility index (Phi) is 6.18. The number of aliphatic hydroxyl groups is 2. The monoisotopic (exact) mass is 498 g/mol. The van der Waals surface area contributed by atoms with Crippen molar-refractivity contribution in [3.05, 3.63) is 23.8 Å². The van der Waals surface area contributed by atoms with Crippen LogP contribution in [0.25, 0.3) is 0 Å². The Labute approximate surface area is 202 Å². The summed E-state index contributed by atoms with van der Waals surface area (Å²) in [6, 6.07) is 0. The fourth-order valence-corrected chi connectivity index (χ4v) is 8.44. The molecule has 0 aromatic carbocycles. The lowest BCUT2D eigenvalue weighted by Gasteiger charge is -2.63. The van der Waals surface area contributed by atoms with Crippen molar-refractivity contribution in [2.24, 2.45) is 28.6 Å². The molecule has 0 aromatic heterocycles. The number of allylic oxidation sites excluding steroid dienone is 4. The average molecular weight is 499 g/mol. The first-order chi connectivity index (χ1) is 15.8. The number of hydrogen-bond donors (Lipinski definition) is 2. The summed E-state index contributed by atoms with van der Waals surface area (Å²) in [7, 11) is 0. The third-order valence-corrected chi connectivity index (χ3v) is 9.93. The molecule has 4 unspecified atom stereocenters. The van der Waals surface area contributed by atoms with Gasteiger partial charge in [-0.15, -0.1) is 0 Å². The molecule has 4 rings (SSSR count). The highest BCUT2D eigenvalue weighted by Crippen LogP contribution is 2.72. The standard InChI is InChI=1S/C25H32F2O6S/c1-5-20(31)33-25(21(32)34-12-28)13(2)8-15-16-10-18(26)17-9-14(29)6-7-22(17,3)24(16,27)19(30)11-23(15,25)4/h6-7,9,13,15-16,18-19,28,30H,5,8,10-12H2,1-4H3/t13-,15?,16?,18+,19+,22?,23?,24+,25+/m1/s1.